The number of nitrogens with one attached hydrogen (secondary N) is 1. The Bertz CT molecular complexity index is 632. The van der Waals surface area contributed by atoms with Crippen molar-refractivity contribution in [3.8, 4) is 6.07 Å². The van der Waals surface area contributed by atoms with E-state index in [4.69, 9.17) is 10.4 Å². The Kier molecular flexibility index (Phi) is 5.67. The number of carbonyl (C=O) groups is 1. The fourth-order valence-corrected chi connectivity index (χ4v) is 3.09. The predicted octanol–water partition coefficient (Wildman–Crippen LogP) is 1.53. The van der Waals surface area contributed by atoms with Gasteiger partial charge in [-0.2, -0.15) is 5.26 Å². The van der Waals surface area contributed by atoms with E-state index in [-0.39, 0.29) is 23.4 Å². The first kappa shape index (κ1) is 16.1. The third-order valence-electron chi connectivity index (χ3n) is 2.74. The van der Waals surface area contributed by atoms with Crippen molar-refractivity contribution in [1.82, 2.24) is 4.72 Å². The van der Waals surface area contributed by atoms with Gasteiger partial charge in [-0.3, -0.25) is 0 Å². The van der Waals surface area contributed by atoms with E-state index < -0.39 is 16.0 Å². The van der Waals surface area contributed by atoms with Crippen LogP contribution in [-0.4, -0.2) is 26.0 Å². The highest BCUT2D eigenvalue weighted by Gasteiger charge is 2.19. The van der Waals surface area contributed by atoms with Gasteiger partial charge < -0.3 is 5.11 Å². The summed E-state index contributed by atoms with van der Waals surface area (Å²) >= 11 is 0. The molecule has 0 heterocycles. The first-order chi connectivity index (χ1) is 9.42. The van der Waals surface area contributed by atoms with E-state index in [0.717, 1.165) is 6.07 Å². The molecule has 108 valence electrons. The molecule has 2 N–H and O–H groups in total. The zero-order valence-corrected chi connectivity index (χ0v) is 11.9. The van der Waals surface area contributed by atoms with Crippen LogP contribution in [0.15, 0.2) is 23.1 Å². The molecule has 0 radical (unpaired) electrons. The monoisotopic (exact) mass is 296 g/mol. The number of aryl methyl sites for hydroxylation is 1. The molecule has 7 heteroatoms. The lowest BCUT2D eigenvalue weighted by Gasteiger charge is -2.11. The standard InChI is InChI=1S/C13H16N2O4S/c1-2-10-5-6-11(13(16)17)9-12(10)20(18,19)15-8-4-3-7-14/h5-6,9,15H,2-4,8H2,1H3,(H,16,17). The van der Waals surface area contributed by atoms with E-state index in [1.165, 1.54) is 12.1 Å². The molecule has 20 heavy (non-hydrogen) atoms. The molecule has 0 bridgehead atoms. The Balaban J connectivity index is 3.06. The van der Waals surface area contributed by atoms with Crippen molar-refractivity contribution in [2.24, 2.45) is 0 Å². The summed E-state index contributed by atoms with van der Waals surface area (Å²) in [6.45, 7) is 1.95. The van der Waals surface area contributed by atoms with Crippen molar-refractivity contribution in [1.29, 1.82) is 5.26 Å². The lowest BCUT2D eigenvalue weighted by molar-refractivity contribution is 0.0696. The number of sulfonamides is 1. The molecular formula is C13H16N2O4S. The van der Waals surface area contributed by atoms with E-state index in [2.05, 4.69) is 4.72 Å². The molecule has 0 saturated heterocycles. The van der Waals surface area contributed by atoms with Gasteiger partial charge in [-0.15, -0.1) is 0 Å². The lowest BCUT2D eigenvalue weighted by Crippen LogP contribution is -2.26. The van der Waals surface area contributed by atoms with Crippen LogP contribution in [0.5, 0.6) is 0 Å². The number of carboxylic acids is 1. The van der Waals surface area contributed by atoms with Crippen molar-refractivity contribution in [2.75, 3.05) is 6.54 Å². The first-order valence-corrected chi connectivity index (χ1v) is 7.63. The number of aromatic carboxylic acids is 1. The number of nitrogens with zero attached hydrogens (tertiary/aromatic N) is 1. The van der Waals surface area contributed by atoms with Gasteiger partial charge in [0.1, 0.15) is 0 Å². The van der Waals surface area contributed by atoms with Crippen LogP contribution in [0.25, 0.3) is 0 Å². The summed E-state index contributed by atoms with van der Waals surface area (Å²) in [4.78, 5) is 10.9. The molecule has 0 fully saturated rings. The van der Waals surface area contributed by atoms with Crippen LogP contribution in [0, 0.1) is 11.3 Å². The van der Waals surface area contributed by atoms with Crippen molar-refractivity contribution in [3.63, 3.8) is 0 Å². The minimum absolute atomic E-state index is 0.0168. The Morgan fingerprint density at radius 1 is 1.45 bits per heavy atom. The normalized spacial score (nSPS) is 11.0. The summed E-state index contributed by atoms with van der Waals surface area (Å²) in [5, 5.41) is 17.3. The molecule has 1 aromatic carbocycles. The van der Waals surface area contributed by atoms with E-state index in [1.54, 1.807) is 6.92 Å². The molecule has 0 aromatic heterocycles. The molecule has 0 aliphatic carbocycles. The summed E-state index contributed by atoms with van der Waals surface area (Å²) in [6.07, 6.45) is 1.16. The smallest absolute Gasteiger partial charge is 0.335 e. The van der Waals surface area contributed by atoms with Gasteiger partial charge in [0.2, 0.25) is 10.0 Å². The highest BCUT2D eigenvalue weighted by Crippen LogP contribution is 2.18. The molecule has 0 unspecified atom stereocenters. The third kappa shape index (κ3) is 4.05. The third-order valence-corrected chi connectivity index (χ3v) is 4.29. The molecule has 0 atom stereocenters. The van der Waals surface area contributed by atoms with Gasteiger partial charge in [0.05, 0.1) is 16.5 Å². The number of unbranched alkanes of at least 4 members (excludes halogenated alkanes) is 1. The highest BCUT2D eigenvalue weighted by molar-refractivity contribution is 7.89. The van der Waals surface area contributed by atoms with E-state index in [1.807, 2.05) is 6.07 Å². The van der Waals surface area contributed by atoms with Gasteiger partial charge in [0, 0.05) is 13.0 Å². The van der Waals surface area contributed by atoms with Gasteiger partial charge in [0.15, 0.2) is 0 Å². The lowest BCUT2D eigenvalue weighted by atomic mass is 10.1. The van der Waals surface area contributed by atoms with Crippen molar-refractivity contribution < 1.29 is 18.3 Å². The van der Waals surface area contributed by atoms with Crippen LogP contribution in [0.4, 0.5) is 0 Å². The Morgan fingerprint density at radius 3 is 2.70 bits per heavy atom. The molecule has 0 aliphatic heterocycles. The fourth-order valence-electron chi connectivity index (χ4n) is 1.68. The number of hydrogen-bond donors (Lipinski definition) is 2. The molecular weight excluding hydrogens is 280 g/mol. The number of nitriles is 1. The largest absolute Gasteiger partial charge is 0.478 e. The Hall–Kier alpha value is -1.91. The average molecular weight is 296 g/mol. The van der Waals surface area contributed by atoms with Gasteiger partial charge >= 0.3 is 5.97 Å². The van der Waals surface area contributed by atoms with Gasteiger partial charge in [0.25, 0.3) is 0 Å². The van der Waals surface area contributed by atoms with Gasteiger partial charge in [-0.05, 0) is 30.5 Å². The minimum Gasteiger partial charge on any atom is -0.478 e. The van der Waals surface area contributed by atoms with E-state index >= 15 is 0 Å². The van der Waals surface area contributed by atoms with Crippen LogP contribution in [-0.2, 0) is 16.4 Å². The van der Waals surface area contributed by atoms with Gasteiger partial charge in [-0.25, -0.2) is 17.9 Å². The molecule has 1 rings (SSSR count). The quantitative estimate of drug-likeness (QED) is 0.742. The van der Waals surface area contributed by atoms with E-state index in [0.29, 0.717) is 18.4 Å². The highest BCUT2D eigenvalue weighted by atomic mass is 32.2. The maximum Gasteiger partial charge on any atom is 0.335 e. The summed E-state index contributed by atoms with van der Waals surface area (Å²) in [7, 11) is -3.76. The summed E-state index contributed by atoms with van der Waals surface area (Å²) in [5.41, 5.74) is 0.488. The van der Waals surface area contributed by atoms with Gasteiger partial charge in [-0.1, -0.05) is 13.0 Å². The summed E-state index contributed by atoms with van der Waals surface area (Å²) < 4.78 is 26.7. The van der Waals surface area contributed by atoms with Crippen molar-refractivity contribution in [2.45, 2.75) is 31.1 Å². The first-order valence-electron chi connectivity index (χ1n) is 6.15. The maximum atomic E-state index is 12.2. The number of benzene rings is 1. The SMILES string of the molecule is CCc1ccc(C(=O)O)cc1S(=O)(=O)NCCCC#N. The molecule has 6 nitrogen and oxygen atoms in total. The second-order valence-corrected chi connectivity index (χ2v) is 5.88. The summed E-state index contributed by atoms with van der Waals surface area (Å²) in [6, 6.07) is 5.98. The van der Waals surface area contributed by atoms with E-state index in [9.17, 15) is 13.2 Å². The number of hydrogen-bond acceptors (Lipinski definition) is 4. The van der Waals surface area contributed by atoms with Crippen LogP contribution >= 0.6 is 0 Å². The predicted molar refractivity (Wildman–Crippen MR) is 72.8 cm³/mol. The van der Waals surface area contributed by atoms with Crippen molar-refractivity contribution in [3.05, 3.63) is 29.3 Å². The van der Waals surface area contributed by atoms with Crippen LogP contribution < -0.4 is 4.72 Å². The minimum atomic E-state index is -3.76. The molecule has 0 spiro atoms. The second-order valence-electron chi connectivity index (χ2n) is 4.14. The molecule has 0 amide bonds. The fraction of sp³-hybridized carbons (Fsp3) is 0.385. The topological polar surface area (TPSA) is 107 Å². The maximum absolute atomic E-state index is 12.2. The summed E-state index contributed by atoms with van der Waals surface area (Å²) in [5.74, 6) is -1.17. The number of rotatable bonds is 7. The number of carboxylic acid groups (broad SMARTS) is 1. The Labute approximate surface area is 118 Å². The average Bonchev–Trinajstić information content (AvgIpc) is 2.42. The van der Waals surface area contributed by atoms with Crippen molar-refractivity contribution >= 4 is 16.0 Å². The molecule has 0 saturated carbocycles. The Morgan fingerprint density at radius 2 is 2.15 bits per heavy atom. The zero-order valence-electron chi connectivity index (χ0n) is 11.1. The van der Waals surface area contributed by atoms with Crippen LogP contribution in [0.2, 0.25) is 0 Å². The van der Waals surface area contributed by atoms with Crippen LogP contribution in [0.1, 0.15) is 35.7 Å². The van der Waals surface area contributed by atoms with Crippen LogP contribution in [0.3, 0.4) is 0 Å². The molecule has 1 aromatic rings. The molecule has 0 aliphatic rings. The zero-order chi connectivity index (χ0) is 15.2. The second kappa shape index (κ2) is 7.03.